The lowest BCUT2D eigenvalue weighted by molar-refractivity contribution is 0.336. The maximum atomic E-state index is 12.6. The third-order valence-electron chi connectivity index (χ3n) is 4.52. The Morgan fingerprint density at radius 3 is 0.912 bits per heavy atom. The van der Waals surface area contributed by atoms with E-state index in [9.17, 15) is 25.9 Å². The molecule has 16 heteroatoms. The molecule has 0 amide bonds. The van der Waals surface area contributed by atoms with E-state index in [1.54, 1.807) is 0 Å². The molecule has 34 heavy (non-hydrogen) atoms. The second kappa shape index (κ2) is 10.3. The van der Waals surface area contributed by atoms with Crippen LogP contribution in [0.3, 0.4) is 0 Å². The second-order valence-corrected chi connectivity index (χ2v) is 10.5. The largest absolute Gasteiger partial charge is 0.494 e. The van der Waals surface area contributed by atoms with Crippen molar-refractivity contribution in [2.24, 2.45) is 0 Å². The van der Waals surface area contributed by atoms with Crippen LogP contribution in [-0.2, 0) is 20.2 Å². The Kier molecular flexibility index (Phi) is 8.59. The molecule has 0 spiro atoms. The van der Waals surface area contributed by atoms with E-state index in [2.05, 4.69) is 31.9 Å². The molecule has 0 aliphatic rings. The fourth-order valence-electron chi connectivity index (χ4n) is 3.33. The van der Waals surface area contributed by atoms with Gasteiger partial charge in [-0.2, -0.15) is 16.8 Å². The molecule has 12 nitrogen and oxygen atoms in total. The Hall–Kier alpha value is -1.98. The summed E-state index contributed by atoms with van der Waals surface area (Å²) in [7, 11) is -3.37. The van der Waals surface area contributed by atoms with E-state index < -0.39 is 52.7 Å². The Labute approximate surface area is 212 Å². The first kappa shape index (κ1) is 28.3. The Morgan fingerprint density at radius 1 is 0.500 bits per heavy atom. The molecule has 0 heterocycles. The molecule has 2 aromatic rings. The molecule has 0 aliphatic heterocycles. The molecule has 0 bridgehead atoms. The van der Waals surface area contributed by atoms with E-state index >= 15 is 0 Å². The summed E-state index contributed by atoms with van der Waals surface area (Å²) in [6.07, 6.45) is 0. The van der Waals surface area contributed by atoms with Crippen LogP contribution in [0, 0.1) is 0 Å². The molecule has 0 atom stereocenters. The number of ether oxygens (including phenoxy) is 6. The predicted molar refractivity (Wildman–Crippen MR) is 126 cm³/mol. The monoisotopic (exact) mass is 650 g/mol. The lowest BCUT2D eigenvalue weighted by Crippen LogP contribution is -2.12. The zero-order valence-electron chi connectivity index (χ0n) is 18.5. The normalized spacial score (nSPS) is 11.7. The first-order chi connectivity index (χ1) is 15.8. The molecule has 0 aliphatic carbocycles. The number of hydrogen-bond acceptors (Lipinski definition) is 10. The van der Waals surface area contributed by atoms with Crippen LogP contribution in [0.1, 0.15) is 0 Å². The van der Waals surface area contributed by atoms with Gasteiger partial charge in [0.1, 0.15) is 18.7 Å². The molecule has 190 valence electrons. The Morgan fingerprint density at radius 2 is 0.735 bits per heavy atom. The maximum Gasteiger partial charge on any atom is 0.299 e. The van der Waals surface area contributed by atoms with Gasteiger partial charge in [-0.1, -0.05) is 0 Å². The fourth-order valence-corrected chi connectivity index (χ4v) is 6.74. The van der Waals surface area contributed by atoms with Gasteiger partial charge in [0.25, 0.3) is 20.2 Å². The average molecular weight is 652 g/mol. The summed E-state index contributed by atoms with van der Waals surface area (Å²) < 4.78 is 102. The van der Waals surface area contributed by atoms with Crippen molar-refractivity contribution in [2.45, 2.75) is 9.79 Å². The quantitative estimate of drug-likeness (QED) is 0.380. The zero-order valence-corrected chi connectivity index (χ0v) is 23.4. The lowest BCUT2D eigenvalue weighted by Gasteiger charge is -2.25. The van der Waals surface area contributed by atoms with E-state index in [0.717, 1.165) is 28.4 Å². The van der Waals surface area contributed by atoms with Crippen LogP contribution in [0.2, 0.25) is 0 Å². The third kappa shape index (κ3) is 4.61. The highest BCUT2D eigenvalue weighted by atomic mass is 79.9. The minimum atomic E-state index is -5.16. The highest BCUT2D eigenvalue weighted by Crippen LogP contribution is 2.60. The minimum Gasteiger partial charge on any atom is -0.494 e. The SMILES string of the molecule is COc1c(Br)c(OC)c(S(=O)(=O)O)c(-c2c(OC)c(OC)c(Br)c(OC)c2S(=O)(=O)O)c1OC. The van der Waals surface area contributed by atoms with Crippen molar-refractivity contribution >= 4 is 52.1 Å². The van der Waals surface area contributed by atoms with Crippen molar-refractivity contribution in [3.05, 3.63) is 8.95 Å². The highest BCUT2D eigenvalue weighted by Gasteiger charge is 2.40. The molecule has 2 N–H and O–H groups in total. The van der Waals surface area contributed by atoms with E-state index in [1.807, 2.05) is 0 Å². The number of benzene rings is 2. The standard InChI is InChI=1S/C18H20Br2O12S2/c1-27-11-7(17(33(21,22)23)15(31-5)9(19)13(11)29-3)8-12(28-2)14(30-4)10(20)16(32-6)18(8)34(24,25)26/h1-6H3,(H,21,22,23)(H,24,25,26). The van der Waals surface area contributed by atoms with Crippen LogP contribution < -0.4 is 28.4 Å². The van der Waals surface area contributed by atoms with Crippen LogP contribution in [-0.4, -0.2) is 68.6 Å². The van der Waals surface area contributed by atoms with Gasteiger partial charge in [-0.3, -0.25) is 9.11 Å². The molecule has 2 rings (SSSR count). The molecule has 0 fully saturated rings. The van der Waals surface area contributed by atoms with Crippen LogP contribution in [0.5, 0.6) is 34.5 Å². The van der Waals surface area contributed by atoms with Gasteiger partial charge in [0.05, 0.1) is 53.8 Å². The van der Waals surface area contributed by atoms with Gasteiger partial charge in [-0.15, -0.1) is 0 Å². The van der Waals surface area contributed by atoms with Gasteiger partial charge < -0.3 is 28.4 Å². The number of methoxy groups -OCH3 is 6. The van der Waals surface area contributed by atoms with Gasteiger partial charge in [0.2, 0.25) is 0 Å². The zero-order chi connectivity index (χ0) is 26.2. The summed E-state index contributed by atoms with van der Waals surface area (Å²) >= 11 is 6.29. The van der Waals surface area contributed by atoms with Crippen LogP contribution >= 0.6 is 31.9 Å². The first-order valence-corrected chi connectivity index (χ1v) is 13.2. The van der Waals surface area contributed by atoms with Crippen LogP contribution in [0.4, 0.5) is 0 Å². The van der Waals surface area contributed by atoms with Gasteiger partial charge >= 0.3 is 0 Å². The van der Waals surface area contributed by atoms with Crippen molar-refractivity contribution < 1.29 is 54.4 Å². The fraction of sp³-hybridized carbons (Fsp3) is 0.333. The van der Waals surface area contributed by atoms with E-state index in [0.29, 0.717) is 0 Å². The summed E-state index contributed by atoms with van der Waals surface area (Å²) in [6, 6.07) is 0. The number of halogens is 2. The minimum absolute atomic E-state index is 0.0749. The first-order valence-electron chi connectivity index (χ1n) is 8.74. The number of hydrogen-bond donors (Lipinski definition) is 2. The van der Waals surface area contributed by atoms with Crippen molar-refractivity contribution in [1.29, 1.82) is 0 Å². The van der Waals surface area contributed by atoms with Gasteiger partial charge in [-0.25, -0.2) is 0 Å². The van der Waals surface area contributed by atoms with E-state index in [-0.39, 0.29) is 31.9 Å². The highest BCUT2D eigenvalue weighted by molar-refractivity contribution is 9.11. The van der Waals surface area contributed by atoms with Crippen molar-refractivity contribution in [3.8, 4) is 45.6 Å². The molecular formula is C18H20Br2O12S2. The molecular weight excluding hydrogens is 632 g/mol. The maximum absolute atomic E-state index is 12.6. The summed E-state index contributed by atoms with van der Waals surface area (Å²) in [5.74, 6) is -1.91. The summed E-state index contributed by atoms with van der Waals surface area (Å²) in [4.78, 5) is -1.84. The summed E-state index contributed by atoms with van der Waals surface area (Å²) in [5, 5.41) is 0. The Balaban J connectivity index is 3.56. The molecule has 0 aromatic heterocycles. The van der Waals surface area contributed by atoms with Gasteiger partial charge in [0, 0.05) is 0 Å². The van der Waals surface area contributed by atoms with Gasteiger partial charge in [0.15, 0.2) is 34.5 Å². The molecule has 2 aromatic carbocycles. The molecule has 0 unspecified atom stereocenters. The topological polar surface area (TPSA) is 164 Å². The second-order valence-electron chi connectivity index (χ2n) is 6.19. The summed E-state index contributed by atoms with van der Waals surface area (Å²) in [5.41, 5.74) is -1.18. The third-order valence-corrected chi connectivity index (χ3v) is 7.77. The van der Waals surface area contributed by atoms with Crippen molar-refractivity contribution in [1.82, 2.24) is 0 Å². The Bertz CT molecular complexity index is 1230. The summed E-state index contributed by atoms with van der Waals surface area (Å²) in [6.45, 7) is 0. The smallest absolute Gasteiger partial charge is 0.299 e. The van der Waals surface area contributed by atoms with Crippen LogP contribution in [0.15, 0.2) is 18.7 Å². The van der Waals surface area contributed by atoms with Crippen molar-refractivity contribution in [2.75, 3.05) is 42.7 Å². The van der Waals surface area contributed by atoms with Crippen LogP contribution in [0.25, 0.3) is 11.1 Å². The van der Waals surface area contributed by atoms with E-state index in [1.165, 1.54) is 14.2 Å². The average Bonchev–Trinajstić information content (AvgIpc) is 2.75. The van der Waals surface area contributed by atoms with E-state index in [4.69, 9.17) is 28.4 Å². The number of rotatable bonds is 9. The lowest BCUT2D eigenvalue weighted by atomic mass is 10.0. The van der Waals surface area contributed by atoms with Crippen molar-refractivity contribution in [3.63, 3.8) is 0 Å². The predicted octanol–water partition coefficient (Wildman–Crippen LogP) is 3.42. The van der Waals surface area contributed by atoms with Gasteiger partial charge in [-0.05, 0) is 31.9 Å². The molecule has 0 radical (unpaired) electrons. The molecule has 0 saturated carbocycles. The molecule has 0 saturated heterocycles.